The fourth-order valence-corrected chi connectivity index (χ4v) is 2.37. The molecule has 4 aromatic rings. The summed E-state index contributed by atoms with van der Waals surface area (Å²) in [7, 11) is 0. The van der Waals surface area contributed by atoms with E-state index in [1.165, 1.54) is 10.6 Å². The third kappa shape index (κ3) is 2.75. The molecule has 27 heavy (non-hydrogen) atoms. The Balaban J connectivity index is 1.81. The van der Waals surface area contributed by atoms with Crippen LogP contribution in [0.25, 0.3) is 17.0 Å². The maximum absolute atomic E-state index is 13.8. The lowest BCUT2D eigenvalue weighted by atomic mass is 10.2. The number of hydrogen-bond acceptors (Lipinski definition) is 4. The minimum absolute atomic E-state index is 0.290. The van der Waals surface area contributed by atoms with E-state index in [2.05, 4.69) is 15.3 Å². The summed E-state index contributed by atoms with van der Waals surface area (Å²) in [6, 6.07) is 11.3. The van der Waals surface area contributed by atoms with Crippen molar-refractivity contribution in [3.05, 3.63) is 71.6 Å². The number of fused-ring (bicyclic) bond motifs is 1. The van der Waals surface area contributed by atoms with Crippen LogP contribution in [0.4, 0.5) is 22.0 Å². The molecule has 5 nitrogen and oxygen atoms in total. The van der Waals surface area contributed by atoms with E-state index in [-0.39, 0.29) is 0 Å². The van der Waals surface area contributed by atoms with E-state index in [0.717, 1.165) is 6.07 Å². The number of halogens is 5. The molecule has 0 unspecified atom stereocenters. The highest BCUT2D eigenvalue weighted by Crippen LogP contribution is 2.32. The van der Waals surface area contributed by atoms with E-state index in [1.807, 2.05) is 0 Å². The second-order valence-corrected chi connectivity index (χ2v) is 5.33. The highest BCUT2D eigenvalue weighted by molar-refractivity contribution is 5.58. The van der Waals surface area contributed by atoms with Crippen LogP contribution in [-0.4, -0.2) is 19.8 Å². The summed E-state index contributed by atoms with van der Waals surface area (Å²) in [4.78, 5) is 0. The molecule has 136 valence electrons. The molecule has 0 saturated carbocycles. The van der Waals surface area contributed by atoms with Gasteiger partial charge < -0.3 is 4.74 Å². The van der Waals surface area contributed by atoms with Gasteiger partial charge in [-0.15, -0.1) is 15.3 Å². The Morgan fingerprint density at radius 2 is 1.33 bits per heavy atom. The first-order valence-corrected chi connectivity index (χ1v) is 7.44. The average Bonchev–Trinajstić information content (AvgIpc) is 3.12. The smallest absolute Gasteiger partial charge is 0.237 e. The maximum Gasteiger partial charge on any atom is 0.237 e. The fraction of sp³-hybridized carbons (Fsp3) is 0. The third-order valence-electron chi connectivity index (χ3n) is 3.65. The van der Waals surface area contributed by atoms with E-state index in [4.69, 9.17) is 4.74 Å². The van der Waals surface area contributed by atoms with E-state index in [0.29, 0.717) is 17.0 Å². The van der Waals surface area contributed by atoms with Crippen LogP contribution < -0.4 is 4.74 Å². The predicted octanol–water partition coefficient (Wildman–Crippen LogP) is 4.28. The Kier molecular flexibility index (Phi) is 3.94. The minimum Gasteiger partial charge on any atom is -0.431 e. The Hall–Kier alpha value is -3.56. The molecule has 0 saturated heterocycles. The van der Waals surface area contributed by atoms with Crippen LogP contribution in [0.5, 0.6) is 11.6 Å². The Labute approximate surface area is 147 Å². The van der Waals surface area contributed by atoms with Crippen LogP contribution in [0, 0.1) is 29.1 Å². The van der Waals surface area contributed by atoms with E-state index in [1.54, 1.807) is 30.3 Å². The molecular formula is C17H7F5N4O. The van der Waals surface area contributed by atoms with Gasteiger partial charge in [-0.3, -0.25) is 0 Å². The van der Waals surface area contributed by atoms with Gasteiger partial charge in [0.15, 0.2) is 11.5 Å². The Morgan fingerprint density at radius 3 is 2.00 bits per heavy atom. The van der Waals surface area contributed by atoms with Crippen molar-refractivity contribution < 1.29 is 26.7 Å². The van der Waals surface area contributed by atoms with Crippen LogP contribution in [0.15, 0.2) is 42.5 Å². The second-order valence-electron chi connectivity index (χ2n) is 5.33. The van der Waals surface area contributed by atoms with Crippen LogP contribution in [-0.2, 0) is 0 Å². The summed E-state index contributed by atoms with van der Waals surface area (Å²) in [5.74, 6) is -12.3. The molecule has 0 aliphatic rings. The van der Waals surface area contributed by atoms with Gasteiger partial charge in [0.2, 0.25) is 40.7 Å². The van der Waals surface area contributed by atoms with Gasteiger partial charge in [0.25, 0.3) is 0 Å². The maximum atomic E-state index is 13.8. The van der Waals surface area contributed by atoms with Gasteiger partial charge in [-0.1, -0.05) is 30.3 Å². The molecule has 0 radical (unpaired) electrons. The zero-order chi connectivity index (χ0) is 19.1. The first-order chi connectivity index (χ1) is 13.0. The fourth-order valence-electron chi connectivity index (χ4n) is 2.37. The number of ether oxygens (including phenoxy) is 1. The number of rotatable bonds is 3. The monoisotopic (exact) mass is 378 g/mol. The van der Waals surface area contributed by atoms with Gasteiger partial charge in [0.05, 0.1) is 0 Å². The third-order valence-corrected chi connectivity index (χ3v) is 3.65. The summed E-state index contributed by atoms with van der Waals surface area (Å²) in [6.07, 6.45) is 0. The SMILES string of the molecule is Fc1c(F)c(F)c(Oc2ccc3nnc(-c4ccccc4)n3n2)c(F)c1F. The van der Waals surface area contributed by atoms with Gasteiger partial charge in [-0.05, 0) is 6.07 Å². The molecule has 2 aromatic carbocycles. The van der Waals surface area contributed by atoms with Gasteiger partial charge in [0.1, 0.15) is 0 Å². The van der Waals surface area contributed by atoms with Crippen molar-refractivity contribution in [2.24, 2.45) is 0 Å². The molecule has 0 aliphatic carbocycles. The normalized spacial score (nSPS) is 11.1. The zero-order valence-electron chi connectivity index (χ0n) is 13.1. The molecule has 2 aromatic heterocycles. The van der Waals surface area contributed by atoms with Crippen LogP contribution in [0.2, 0.25) is 0 Å². The summed E-state index contributed by atoms with van der Waals surface area (Å²) < 4.78 is 73.4. The van der Waals surface area contributed by atoms with Crippen molar-refractivity contribution >= 4 is 5.65 Å². The van der Waals surface area contributed by atoms with Crippen molar-refractivity contribution in [2.75, 3.05) is 0 Å². The largest absolute Gasteiger partial charge is 0.431 e. The van der Waals surface area contributed by atoms with Gasteiger partial charge >= 0.3 is 0 Å². The summed E-state index contributed by atoms with van der Waals surface area (Å²) >= 11 is 0. The van der Waals surface area contributed by atoms with Crippen molar-refractivity contribution in [1.82, 2.24) is 19.8 Å². The zero-order valence-corrected chi connectivity index (χ0v) is 13.1. The summed E-state index contributed by atoms with van der Waals surface area (Å²) in [5, 5.41) is 11.8. The lowest BCUT2D eigenvalue weighted by Crippen LogP contribution is -2.05. The molecule has 0 atom stereocenters. The highest BCUT2D eigenvalue weighted by Gasteiger charge is 2.28. The molecule has 0 spiro atoms. The molecular weight excluding hydrogens is 371 g/mol. The molecule has 0 aliphatic heterocycles. The van der Waals surface area contributed by atoms with Crippen LogP contribution in [0.1, 0.15) is 0 Å². The topological polar surface area (TPSA) is 52.3 Å². The Morgan fingerprint density at radius 1 is 0.704 bits per heavy atom. The second kappa shape index (κ2) is 6.31. The summed E-state index contributed by atoms with van der Waals surface area (Å²) in [6.45, 7) is 0. The summed E-state index contributed by atoms with van der Waals surface area (Å²) in [5.41, 5.74) is 0.935. The van der Waals surface area contributed by atoms with Crippen molar-refractivity contribution in [3.8, 4) is 23.0 Å². The lowest BCUT2D eigenvalue weighted by molar-refractivity contribution is 0.326. The van der Waals surface area contributed by atoms with Crippen molar-refractivity contribution in [3.63, 3.8) is 0 Å². The predicted molar refractivity (Wildman–Crippen MR) is 82.5 cm³/mol. The first kappa shape index (κ1) is 16.9. The van der Waals surface area contributed by atoms with E-state index < -0.39 is 40.7 Å². The molecule has 0 amide bonds. The lowest BCUT2D eigenvalue weighted by Gasteiger charge is -2.09. The molecule has 2 heterocycles. The Bertz CT molecular complexity index is 1130. The quantitative estimate of drug-likeness (QED) is 0.303. The van der Waals surface area contributed by atoms with Crippen molar-refractivity contribution in [2.45, 2.75) is 0 Å². The number of nitrogens with zero attached hydrogens (tertiary/aromatic N) is 4. The van der Waals surface area contributed by atoms with Gasteiger partial charge in [-0.25, -0.2) is 13.2 Å². The minimum atomic E-state index is -2.27. The van der Waals surface area contributed by atoms with Gasteiger partial charge in [-0.2, -0.15) is 13.3 Å². The number of aromatic nitrogens is 4. The van der Waals surface area contributed by atoms with Gasteiger partial charge in [0, 0.05) is 11.6 Å². The van der Waals surface area contributed by atoms with Crippen LogP contribution in [0.3, 0.4) is 0 Å². The molecule has 10 heteroatoms. The number of benzene rings is 2. The molecule has 0 fully saturated rings. The molecule has 0 bridgehead atoms. The molecule has 4 rings (SSSR count). The van der Waals surface area contributed by atoms with Crippen LogP contribution >= 0.6 is 0 Å². The number of hydrogen-bond donors (Lipinski definition) is 0. The average molecular weight is 378 g/mol. The van der Waals surface area contributed by atoms with E-state index in [9.17, 15) is 22.0 Å². The first-order valence-electron chi connectivity index (χ1n) is 7.44. The molecule has 0 N–H and O–H groups in total. The van der Waals surface area contributed by atoms with E-state index >= 15 is 0 Å². The standard InChI is InChI=1S/C17H7F5N4O/c18-11-12(19)14(21)16(15(22)13(11)20)27-10-7-6-9-23-24-17(26(9)25-10)8-4-2-1-3-5-8/h1-7H. The van der Waals surface area contributed by atoms with Crippen molar-refractivity contribution in [1.29, 1.82) is 0 Å². The highest BCUT2D eigenvalue weighted by atomic mass is 19.2.